The third-order valence-corrected chi connectivity index (χ3v) is 6.24. The Morgan fingerprint density at radius 2 is 1.52 bits per heavy atom. The first-order valence-corrected chi connectivity index (χ1v) is 11.1. The van der Waals surface area contributed by atoms with Gasteiger partial charge in [-0.3, -0.25) is 0 Å². The molecule has 0 radical (unpaired) electrons. The zero-order chi connectivity index (χ0) is 21.4. The predicted molar refractivity (Wildman–Crippen MR) is 132 cm³/mol. The van der Waals surface area contributed by atoms with Gasteiger partial charge in [0, 0.05) is 58.3 Å². The van der Waals surface area contributed by atoms with Crippen molar-refractivity contribution in [2.45, 2.75) is 27.3 Å². The van der Waals surface area contributed by atoms with Crippen molar-refractivity contribution in [1.29, 1.82) is 0 Å². The van der Waals surface area contributed by atoms with Crippen molar-refractivity contribution in [3.63, 3.8) is 0 Å². The van der Waals surface area contributed by atoms with E-state index in [0.29, 0.717) is 0 Å². The third kappa shape index (κ3) is 3.28. The Morgan fingerprint density at radius 1 is 0.806 bits per heavy atom. The number of hydrogen-bond donors (Lipinski definition) is 1. The van der Waals surface area contributed by atoms with Gasteiger partial charge in [0.15, 0.2) is 0 Å². The first-order chi connectivity index (χ1) is 15.2. The van der Waals surface area contributed by atoms with E-state index in [0.717, 1.165) is 42.3 Å². The lowest BCUT2D eigenvalue weighted by Crippen LogP contribution is -2.21. The Balaban J connectivity index is 1.51. The number of aryl methyl sites for hydroxylation is 1. The molecule has 4 heteroatoms. The van der Waals surface area contributed by atoms with Crippen molar-refractivity contribution in [2.24, 2.45) is 0 Å². The maximum absolute atomic E-state index is 4.67. The molecule has 0 aliphatic heterocycles. The van der Waals surface area contributed by atoms with Crippen LogP contribution in [0.2, 0.25) is 0 Å². The Labute approximate surface area is 183 Å². The molecular weight excluding hydrogens is 380 g/mol. The normalized spacial score (nSPS) is 11.5. The minimum atomic E-state index is 0.900. The SMILES string of the molecule is CCN(CC)c1ccc(-c2ncc(-c3ccc4c(c3)c3ccccc3n4CC)[nH]2)cc1. The van der Waals surface area contributed by atoms with Crippen LogP contribution in [0, 0.1) is 0 Å². The van der Waals surface area contributed by atoms with E-state index in [1.807, 2.05) is 6.20 Å². The molecule has 2 heterocycles. The van der Waals surface area contributed by atoms with Crippen molar-refractivity contribution in [2.75, 3.05) is 18.0 Å². The molecule has 4 nitrogen and oxygen atoms in total. The van der Waals surface area contributed by atoms with E-state index in [4.69, 9.17) is 0 Å². The lowest BCUT2D eigenvalue weighted by Gasteiger charge is -2.20. The average Bonchev–Trinajstić information content (AvgIpc) is 3.43. The van der Waals surface area contributed by atoms with E-state index in [9.17, 15) is 0 Å². The summed E-state index contributed by atoms with van der Waals surface area (Å²) in [5.74, 6) is 0.900. The Bertz CT molecular complexity index is 1340. The lowest BCUT2D eigenvalue weighted by molar-refractivity contribution is 0.827. The second-order valence-corrected chi connectivity index (χ2v) is 7.86. The number of rotatable bonds is 6. The molecule has 0 spiro atoms. The fourth-order valence-electron chi connectivity index (χ4n) is 4.60. The highest BCUT2D eigenvalue weighted by Crippen LogP contribution is 2.33. The first-order valence-electron chi connectivity index (χ1n) is 11.1. The number of aromatic amines is 1. The van der Waals surface area contributed by atoms with Crippen LogP contribution in [-0.4, -0.2) is 27.6 Å². The van der Waals surface area contributed by atoms with Crippen LogP contribution in [0.1, 0.15) is 20.8 Å². The number of para-hydroxylation sites is 1. The van der Waals surface area contributed by atoms with Crippen LogP contribution < -0.4 is 4.90 Å². The number of anilines is 1. The fraction of sp³-hybridized carbons (Fsp3) is 0.222. The summed E-state index contributed by atoms with van der Waals surface area (Å²) in [6.07, 6.45) is 1.94. The summed E-state index contributed by atoms with van der Waals surface area (Å²) in [6.45, 7) is 9.55. The highest BCUT2D eigenvalue weighted by Gasteiger charge is 2.12. The summed E-state index contributed by atoms with van der Waals surface area (Å²) in [4.78, 5) is 10.5. The third-order valence-electron chi connectivity index (χ3n) is 6.24. The number of H-pyrrole nitrogens is 1. The summed E-state index contributed by atoms with van der Waals surface area (Å²) in [6, 6.07) is 24.0. The molecule has 2 aromatic heterocycles. The topological polar surface area (TPSA) is 36.9 Å². The summed E-state index contributed by atoms with van der Waals surface area (Å²) >= 11 is 0. The van der Waals surface area contributed by atoms with E-state index in [2.05, 4.69) is 107 Å². The molecule has 156 valence electrons. The average molecular weight is 409 g/mol. The quantitative estimate of drug-likeness (QED) is 0.339. The number of aromatic nitrogens is 3. The van der Waals surface area contributed by atoms with E-state index in [1.54, 1.807) is 0 Å². The summed E-state index contributed by atoms with van der Waals surface area (Å²) in [7, 11) is 0. The fourth-order valence-corrected chi connectivity index (χ4v) is 4.60. The number of benzene rings is 3. The first kappa shape index (κ1) is 19.4. The van der Waals surface area contributed by atoms with Crippen molar-refractivity contribution in [1.82, 2.24) is 14.5 Å². The predicted octanol–water partition coefficient (Wildman–Crippen LogP) is 6.72. The molecule has 3 aromatic carbocycles. The van der Waals surface area contributed by atoms with Crippen LogP contribution in [-0.2, 0) is 6.54 Å². The summed E-state index contributed by atoms with van der Waals surface area (Å²) < 4.78 is 2.38. The molecule has 5 aromatic rings. The van der Waals surface area contributed by atoms with Crippen molar-refractivity contribution in [3.05, 3.63) is 72.9 Å². The van der Waals surface area contributed by atoms with E-state index >= 15 is 0 Å². The smallest absolute Gasteiger partial charge is 0.137 e. The van der Waals surface area contributed by atoms with Gasteiger partial charge in [0.05, 0.1) is 11.9 Å². The van der Waals surface area contributed by atoms with Crippen LogP contribution in [0.3, 0.4) is 0 Å². The minimum absolute atomic E-state index is 0.900. The van der Waals surface area contributed by atoms with Crippen LogP contribution >= 0.6 is 0 Å². The molecular formula is C27H28N4. The Morgan fingerprint density at radius 3 is 2.26 bits per heavy atom. The monoisotopic (exact) mass is 408 g/mol. The molecule has 0 fully saturated rings. The number of fused-ring (bicyclic) bond motifs is 3. The van der Waals surface area contributed by atoms with Gasteiger partial charge < -0.3 is 14.5 Å². The molecule has 0 amide bonds. The zero-order valence-electron chi connectivity index (χ0n) is 18.4. The van der Waals surface area contributed by atoms with Gasteiger partial charge in [0.2, 0.25) is 0 Å². The Kier molecular flexibility index (Phi) is 4.99. The minimum Gasteiger partial charge on any atom is -0.372 e. The highest BCUT2D eigenvalue weighted by molar-refractivity contribution is 6.09. The zero-order valence-corrected chi connectivity index (χ0v) is 18.4. The van der Waals surface area contributed by atoms with Crippen molar-refractivity contribution >= 4 is 27.5 Å². The molecule has 0 atom stereocenters. The van der Waals surface area contributed by atoms with Crippen LogP contribution in [0.25, 0.3) is 44.5 Å². The van der Waals surface area contributed by atoms with Gasteiger partial charge in [0.1, 0.15) is 5.82 Å². The summed E-state index contributed by atoms with van der Waals surface area (Å²) in [5.41, 5.74) is 7.11. The molecule has 0 bridgehead atoms. The maximum atomic E-state index is 4.67. The van der Waals surface area contributed by atoms with Gasteiger partial charge in [-0.25, -0.2) is 4.98 Å². The second kappa shape index (κ2) is 7.95. The number of hydrogen-bond acceptors (Lipinski definition) is 2. The van der Waals surface area contributed by atoms with Crippen molar-refractivity contribution in [3.8, 4) is 22.6 Å². The molecule has 0 aliphatic rings. The summed E-state index contributed by atoms with van der Waals surface area (Å²) in [5, 5.41) is 2.59. The molecule has 0 saturated carbocycles. The molecule has 5 rings (SSSR count). The van der Waals surface area contributed by atoms with Gasteiger partial charge >= 0.3 is 0 Å². The lowest BCUT2D eigenvalue weighted by atomic mass is 10.1. The van der Waals surface area contributed by atoms with Crippen LogP contribution in [0.15, 0.2) is 72.9 Å². The van der Waals surface area contributed by atoms with Gasteiger partial charge in [-0.05, 0) is 63.2 Å². The van der Waals surface area contributed by atoms with Crippen molar-refractivity contribution < 1.29 is 0 Å². The van der Waals surface area contributed by atoms with E-state index in [-0.39, 0.29) is 0 Å². The van der Waals surface area contributed by atoms with Gasteiger partial charge in [-0.1, -0.05) is 24.3 Å². The standard InChI is InChI=1S/C27H28N4/c1-4-30(5-2)21-14-11-19(12-15-21)27-28-18-24(29-27)20-13-16-26-23(17-20)22-9-7-8-10-25(22)31(26)6-3/h7-18H,4-6H2,1-3H3,(H,28,29). The molecule has 0 unspecified atom stereocenters. The molecule has 31 heavy (non-hydrogen) atoms. The number of nitrogens with one attached hydrogen (secondary N) is 1. The second-order valence-electron chi connectivity index (χ2n) is 7.86. The van der Waals surface area contributed by atoms with E-state index < -0.39 is 0 Å². The highest BCUT2D eigenvalue weighted by atomic mass is 15.1. The van der Waals surface area contributed by atoms with Gasteiger partial charge in [-0.15, -0.1) is 0 Å². The maximum Gasteiger partial charge on any atom is 0.137 e. The van der Waals surface area contributed by atoms with Gasteiger partial charge in [-0.2, -0.15) is 0 Å². The largest absolute Gasteiger partial charge is 0.372 e. The molecule has 1 N–H and O–H groups in total. The van der Waals surface area contributed by atoms with Crippen LogP contribution in [0.5, 0.6) is 0 Å². The van der Waals surface area contributed by atoms with E-state index in [1.165, 1.54) is 27.5 Å². The molecule has 0 aliphatic carbocycles. The number of imidazole rings is 1. The van der Waals surface area contributed by atoms with Crippen LogP contribution in [0.4, 0.5) is 5.69 Å². The Hall–Kier alpha value is -3.53. The number of nitrogens with zero attached hydrogens (tertiary/aromatic N) is 3. The molecule has 0 saturated heterocycles. The van der Waals surface area contributed by atoms with Gasteiger partial charge in [0.25, 0.3) is 0 Å².